The van der Waals surface area contributed by atoms with Gasteiger partial charge in [-0.3, -0.25) is 14.3 Å². The van der Waals surface area contributed by atoms with E-state index in [4.69, 9.17) is 0 Å². The predicted octanol–water partition coefficient (Wildman–Crippen LogP) is 0.414. The van der Waals surface area contributed by atoms with Crippen LogP contribution in [0.5, 0.6) is 0 Å². The van der Waals surface area contributed by atoms with Crippen LogP contribution in [0.4, 0.5) is 0 Å². The number of nitrogens with one attached hydrogen (secondary N) is 2. The number of aromatic amines is 1. The van der Waals surface area contributed by atoms with E-state index in [1.54, 1.807) is 17.8 Å². The van der Waals surface area contributed by atoms with Crippen molar-refractivity contribution in [1.82, 2.24) is 25.1 Å². The third kappa shape index (κ3) is 5.21. The van der Waals surface area contributed by atoms with E-state index in [0.717, 1.165) is 13.0 Å². The van der Waals surface area contributed by atoms with E-state index in [1.807, 2.05) is 12.3 Å². The average molecular weight is 289 g/mol. The van der Waals surface area contributed by atoms with Gasteiger partial charge in [0.15, 0.2) is 0 Å². The Morgan fingerprint density at radius 1 is 1.48 bits per heavy atom. The number of carbonyl (C=O) groups excluding carboxylic acids is 1. The molecule has 0 bridgehead atoms. The van der Waals surface area contributed by atoms with Crippen LogP contribution in [0.2, 0.25) is 0 Å². The van der Waals surface area contributed by atoms with Crippen molar-refractivity contribution >= 4 is 5.91 Å². The largest absolute Gasteiger partial charge is 0.356 e. The van der Waals surface area contributed by atoms with E-state index in [-0.39, 0.29) is 11.5 Å². The summed E-state index contributed by atoms with van der Waals surface area (Å²) in [5.74, 6) is 0.592. The van der Waals surface area contributed by atoms with Crippen LogP contribution in [-0.4, -0.2) is 32.2 Å². The third-order valence-corrected chi connectivity index (χ3v) is 2.95. The standard InChI is InChI=1S/C14H19N5O2/c1-11-10-14(21)18-12(17-11)5-7-15-13(20)4-2-8-19-9-3-6-16-19/h3,6,9-10H,2,4-5,7-8H2,1H3,(H,15,20)(H,17,18,21). The first-order valence-electron chi connectivity index (χ1n) is 6.94. The smallest absolute Gasteiger partial charge is 0.251 e. The van der Waals surface area contributed by atoms with Gasteiger partial charge in [0, 0.05) is 50.1 Å². The van der Waals surface area contributed by atoms with E-state index in [1.165, 1.54) is 6.07 Å². The molecule has 2 N–H and O–H groups in total. The van der Waals surface area contributed by atoms with Gasteiger partial charge in [0.25, 0.3) is 5.56 Å². The van der Waals surface area contributed by atoms with Crippen molar-refractivity contribution in [1.29, 1.82) is 0 Å². The molecule has 0 saturated heterocycles. The normalized spacial score (nSPS) is 10.5. The molecule has 2 aromatic heterocycles. The molecular formula is C14H19N5O2. The number of carbonyl (C=O) groups is 1. The lowest BCUT2D eigenvalue weighted by Crippen LogP contribution is -2.27. The molecule has 0 unspecified atom stereocenters. The number of aromatic nitrogens is 4. The van der Waals surface area contributed by atoms with Gasteiger partial charge in [-0.25, -0.2) is 4.98 Å². The maximum Gasteiger partial charge on any atom is 0.251 e. The van der Waals surface area contributed by atoms with Crippen molar-refractivity contribution in [2.24, 2.45) is 0 Å². The van der Waals surface area contributed by atoms with Crippen molar-refractivity contribution in [2.45, 2.75) is 32.7 Å². The highest BCUT2D eigenvalue weighted by molar-refractivity contribution is 5.75. The fourth-order valence-electron chi connectivity index (χ4n) is 2.00. The van der Waals surface area contributed by atoms with Gasteiger partial charge in [-0.15, -0.1) is 0 Å². The first kappa shape index (κ1) is 15.0. The molecule has 1 amide bonds. The molecule has 0 spiro atoms. The molecule has 2 heterocycles. The summed E-state index contributed by atoms with van der Waals surface area (Å²) in [7, 11) is 0. The van der Waals surface area contributed by atoms with Crippen LogP contribution in [0.25, 0.3) is 0 Å². The molecule has 112 valence electrons. The Bertz CT molecular complexity index is 633. The minimum Gasteiger partial charge on any atom is -0.356 e. The fourth-order valence-corrected chi connectivity index (χ4v) is 2.00. The van der Waals surface area contributed by atoms with E-state index in [0.29, 0.717) is 30.9 Å². The molecular weight excluding hydrogens is 270 g/mol. The van der Waals surface area contributed by atoms with Crippen molar-refractivity contribution < 1.29 is 4.79 Å². The summed E-state index contributed by atoms with van der Waals surface area (Å²) in [5.41, 5.74) is 0.516. The highest BCUT2D eigenvalue weighted by atomic mass is 16.1. The van der Waals surface area contributed by atoms with Crippen LogP contribution < -0.4 is 10.9 Å². The Balaban J connectivity index is 1.65. The second kappa shape index (κ2) is 7.37. The zero-order chi connectivity index (χ0) is 15.1. The van der Waals surface area contributed by atoms with Crippen LogP contribution in [0, 0.1) is 6.92 Å². The Hall–Kier alpha value is -2.44. The molecule has 0 aliphatic heterocycles. The van der Waals surface area contributed by atoms with Crippen LogP contribution in [-0.2, 0) is 17.8 Å². The van der Waals surface area contributed by atoms with Crippen molar-refractivity contribution in [3.8, 4) is 0 Å². The summed E-state index contributed by atoms with van der Waals surface area (Å²) in [4.78, 5) is 29.8. The topological polar surface area (TPSA) is 92.7 Å². The van der Waals surface area contributed by atoms with Crippen LogP contribution in [0.1, 0.15) is 24.4 Å². The number of hydrogen-bond donors (Lipinski definition) is 2. The molecule has 0 saturated carbocycles. The number of H-pyrrole nitrogens is 1. The Labute approximate surface area is 122 Å². The van der Waals surface area contributed by atoms with E-state index >= 15 is 0 Å². The molecule has 2 aromatic rings. The second-order valence-corrected chi connectivity index (χ2v) is 4.81. The molecule has 0 aromatic carbocycles. The van der Waals surface area contributed by atoms with Gasteiger partial charge in [-0.2, -0.15) is 5.10 Å². The van der Waals surface area contributed by atoms with Crippen LogP contribution >= 0.6 is 0 Å². The maximum atomic E-state index is 11.7. The monoisotopic (exact) mass is 289 g/mol. The number of amides is 1. The van der Waals surface area contributed by atoms with Crippen LogP contribution in [0.3, 0.4) is 0 Å². The van der Waals surface area contributed by atoms with Gasteiger partial charge < -0.3 is 10.3 Å². The molecule has 21 heavy (non-hydrogen) atoms. The Morgan fingerprint density at radius 2 is 2.33 bits per heavy atom. The zero-order valence-corrected chi connectivity index (χ0v) is 12.0. The fraction of sp³-hybridized carbons (Fsp3) is 0.429. The second-order valence-electron chi connectivity index (χ2n) is 4.81. The van der Waals surface area contributed by atoms with E-state index < -0.39 is 0 Å². The van der Waals surface area contributed by atoms with Crippen LogP contribution in [0.15, 0.2) is 29.3 Å². The summed E-state index contributed by atoms with van der Waals surface area (Å²) < 4.78 is 1.80. The first-order chi connectivity index (χ1) is 10.1. The molecule has 2 rings (SSSR count). The summed E-state index contributed by atoms with van der Waals surface area (Å²) in [6, 6.07) is 3.30. The summed E-state index contributed by atoms with van der Waals surface area (Å²) in [5, 5.41) is 6.89. The van der Waals surface area contributed by atoms with Gasteiger partial charge in [0.05, 0.1) is 0 Å². The average Bonchev–Trinajstić information content (AvgIpc) is 2.91. The predicted molar refractivity (Wildman–Crippen MR) is 77.8 cm³/mol. The van der Waals surface area contributed by atoms with Gasteiger partial charge in [0.1, 0.15) is 5.82 Å². The lowest BCUT2D eigenvalue weighted by atomic mass is 10.3. The quantitative estimate of drug-likeness (QED) is 0.772. The highest BCUT2D eigenvalue weighted by Gasteiger charge is 2.03. The van der Waals surface area contributed by atoms with Gasteiger partial charge >= 0.3 is 0 Å². The summed E-state index contributed by atoms with van der Waals surface area (Å²) in [6.45, 7) is 2.97. The molecule has 0 aliphatic carbocycles. The number of rotatable bonds is 7. The molecule has 0 fully saturated rings. The minimum atomic E-state index is -0.164. The summed E-state index contributed by atoms with van der Waals surface area (Å²) in [6.07, 6.45) is 5.31. The Kier molecular flexibility index (Phi) is 5.25. The van der Waals surface area contributed by atoms with E-state index in [9.17, 15) is 9.59 Å². The number of nitrogens with zero attached hydrogens (tertiary/aromatic N) is 3. The SMILES string of the molecule is Cc1cc(=O)[nH]c(CCNC(=O)CCCn2cccn2)n1. The Morgan fingerprint density at radius 3 is 3.05 bits per heavy atom. The molecule has 0 aliphatic rings. The van der Waals surface area contributed by atoms with Crippen molar-refractivity contribution in [3.05, 3.63) is 46.4 Å². The van der Waals surface area contributed by atoms with Gasteiger partial charge in [-0.05, 0) is 19.4 Å². The van der Waals surface area contributed by atoms with E-state index in [2.05, 4.69) is 20.4 Å². The number of aryl methyl sites for hydroxylation is 2. The van der Waals surface area contributed by atoms with Gasteiger partial charge in [0.2, 0.25) is 5.91 Å². The molecule has 7 heteroatoms. The lowest BCUT2D eigenvalue weighted by Gasteiger charge is -2.05. The lowest BCUT2D eigenvalue weighted by molar-refractivity contribution is -0.121. The highest BCUT2D eigenvalue weighted by Crippen LogP contribution is 1.95. The van der Waals surface area contributed by atoms with Crippen molar-refractivity contribution in [2.75, 3.05) is 6.54 Å². The van der Waals surface area contributed by atoms with Gasteiger partial charge in [-0.1, -0.05) is 0 Å². The molecule has 0 atom stereocenters. The molecule has 0 radical (unpaired) electrons. The summed E-state index contributed by atoms with van der Waals surface area (Å²) >= 11 is 0. The van der Waals surface area contributed by atoms with Crippen molar-refractivity contribution in [3.63, 3.8) is 0 Å². The minimum absolute atomic E-state index is 0.00263. The first-order valence-corrected chi connectivity index (χ1v) is 6.94. The maximum absolute atomic E-state index is 11.7. The third-order valence-electron chi connectivity index (χ3n) is 2.95. The zero-order valence-electron chi connectivity index (χ0n) is 12.0. The molecule has 7 nitrogen and oxygen atoms in total. The number of hydrogen-bond acceptors (Lipinski definition) is 4.